The van der Waals surface area contributed by atoms with Gasteiger partial charge in [0.15, 0.2) is 5.70 Å². The zero-order chi connectivity index (χ0) is 22.7. The third-order valence-corrected chi connectivity index (χ3v) is 5.82. The van der Waals surface area contributed by atoms with Gasteiger partial charge in [-0.1, -0.05) is 49.0 Å². The Morgan fingerprint density at radius 1 is 1.00 bits per heavy atom. The Balaban J connectivity index is 1.57. The molecule has 4 rings (SSSR count). The van der Waals surface area contributed by atoms with Crippen molar-refractivity contribution < 1.29 is 14.3 Å². The summed E-state index contributed by atoms with van der Waals surface area (Å²) >= 11 is 7.04. The van der Waals surface area contributed by atoms with Crippen LogP contribution in [0.1, 0.15) is 18.1 Å². The van der Waals surface area contributed by atoms with Crippen molar-refractivity contribution in [3.63, 3.8) is 0 Å². The maximum absolute atomic E-state index is 12.4. The maximum atomic E-state index is 12.4. The summed E-state index contributed by atoms with van der Waals surface area (Å²) in [4.78, 5) is 16.8. The van der Waals surface area contributed by atoms with Crippen molar-refractivity contribution in [2.45, 2.75) is 6.92 Å². The average Bonchev–Trinajstić information content (AvgIpc) is 3.14. The molecule has 3 aromatic carbocycles. The van der Waals surface area contributed by atoms with Crippen LogP contribution in [-0.4, -0.2) is 18.5 Å². The molecule has 0 radical (unpaired) electrons. The summed E-state index contributed by atoms with van der Waals surface area (Å²) < 4.78 is 12.7. The molecule has 0 N–H and O–H groups in total. The summed E-state index contributed by atoms with van der Waals surface area (Å²) in [7, 11) is 0. The third kappa shape index (κ3) is 5.09. The molecule has 32 heavy (non-hydrogen) atoms. The van der Waals surface area contributed by atoms with Gasteiger partial charge in [-0.15, -0.1) is 0 Å². The number of rotatable bonds is 6. The van der Waals surface area contributed by atoms with E-state index in [2.05, 4.69) is 43.4 Å². The Kier molecular flexibility index (Phi) is 6.72. The molecule has 160 valence electrons. The molecule has 0 aromatic heterocycles. The van der Waals surface area contributed by atoms with Crippen LogP contribution < -0.4 is 4.74 Å². The molecule has 1 aliphatic rings. The average molecular weight is 553 g/mol. The van der Waals surface area contributed by atoms with Crippen LogP contribution in [0.15, 0.2) is 98.5 Å². The minimum atomic E-state index is -0.484. The highest BCUT2D eigenvalue weighted by atomic mass is 79.9. The van der Waals surface area contributed by atoms with Gasteiger partial charge in [-0.2, -0.15) is 0 Å². The summed E-state index contributed by atoms with van der Waals surface area (Å²) in [5.41, 5.74) is 4.88. The lowest BCUT2D eigenvalue weighted by molar-refractivity contribution is -0.129. The predicted octanol–water partition coefficient (Wildman–Crippen LogP) is 7.18. The van der Waals surface area contributed by atoms with Gasteiger partial charge < -0.3 is 9.47 Å². The Labute approximate surface area is 203 Å². The smallest absolute Gasteiger partial charge is 0.363 e. The van der Waals surface area contributed by atoms with E-state index in [-0.39, 0.29) is 5.70 Å². The van der Waals surface area contributed by atoms with Gasteiger partial charge in [0.1, 0.15) is 12.4 Å². The number of benzene rings is 3. The van der Waals surface area contributed by atoms with Crippen molar-refractivity contribution in [2.24, 2.45) is 4.99 Å². The van der Waals surface area contributed by atoms with Gasteiger partial charge in [-0.25, -0.2) is 9.79 Å². The molecule has 0 saturated heterocycles. The normalized spacial score (nSPS) is 14.3. The second-order valence-electron chi connectivity index (χ2n) is 7.34. The van der Waals surface area contributed by atoms with E-state index in [1.807, 2.05) is 73.7 Å². The van der Waals surface area contributed by atoms with Crippen LogP contribution in [0, 0.1) is 0 Å². The number of cyclic esters (lactones) is 1. The molecule has 0 atom stereocenters. The SMILES string of the molecule is C=C(C)COc1c(Br)cc(/C=C2\N=C(c3ccc(-c4ccccc4)cc3)OC2=O)cc1Br. The fraction of sp³-hybridized carbons (Fsp3) is 0.0769. The van der Waals surface area contributed by atoms with E-state index in [0.29, 0.717) is 18.3 Å². The molecular weight excluding hydrogens is 534 g/mol. The molecule has 3 aromatic rings. The number of esters is 1. The summed E-state index contributed by atoms with van der Waals surface area (Å²) in [6.07, 6.45) is 1.69. The van der Waals surface area contributed by atoms with Gasteiger partial charge in [0.2, 0.25) is 5.90 Å². The van der Waals surface area contributed by atoms with Gasteiger partial charge in [-0.3, -0.25) is 0 Å². The van der Waals surface area contributed by atoms with E-state index in [4.69, 9.17) is 9.47 Å². The summed E-state index contributed by atoms with van der Waals surface area (Å²) in [5.74, 6) is 0.481. The van der Waals surface area contributed by atoms with E-state index >= 15 is 0 Å². The Bertz CT molecular complexity index is 1220. The number of carbonyl (C=O) groups is 1. The molecular formula is C26H19Br2NO3. The highest BCUT2D eigenvalue weighted by Gasteiger charge is 2.24. The van der Waals surface area contributed by atoms with E-state index in [9.17, 15) is 4.79 Å². The van der Waals surface area contributed by atoms with Crippen molar-refractivity contribution in [3.05, 3.63) is 105 Å². The first kappa shape index (κ1) is 22.2. The van der Waals surface area contributed by atoms with Crippen molar-refractivity contribution in [1.82, 2.24) is 0 Å². The van der Waals surface area contributed by atoms with E-state index in [1.54, 1.807) is 6.08 Å². The van der Waals surface area contributed by atoms with Gasteiger partial charge in [-0.05, 0) is 91.4 Å². The minimum Gasteiger partial charge on any atom is -0.487 e. The van der Waals surface area contributed by atoms with Crippen molar-refractivity contribution in [3.8, 4) is 16.9 Å². The predicted molar refractivity (Wildman–Crippen MR) is 135 cm³/mol. The number of carbonyl (C=O) groups excluding carboxylic acids is 1. The zero-order valence-electron chi connectivity index (χ0n) is 17.3. The van der Waals surface area contributed by atoms with Crippen LogP contribution in [0.5, 0.6) is 5.75 Å². The Morgan fingerprint density at radius 2 is 1.59 bits per heavy atom. The highest BCUT2D eigenvalue weighted by Crippen LogP contribution is 2.36. The number of nitrogens with zero attached hydrogens (tertiary/aromatic N) is 1. The fourth-order valence-electron chi connectivity index (χ4n) is 3.12. The van der Waals surface area contributed by atoms with Gasteiger partial charge in [0, 0.05) is 5.56 Å². The molecule has 0 aliphatic carbocycles. The summed E-state index contributed by atoms with van der Waals surface area (Å²) in [5, 5.41) is 0. The molecule has 0 bridgehead atoms. The number of hydrogen-bond donors (Lipinski definition) is 0. The topological polar surface area (TPSA) is 47.9 Å². The number of aliphatic imine (C=N–C) groups is 1. The first-order chi connectivity index (χ1) is 15.4. The quantitative estimate of drug-likeness (QED) is 0.185. The second-order valence-corrected chi connectivity index (χ2v) is 9.05. The Morgan fingerprint density at radius 3 is 2.22 bits per heavy atom. The van der Waals surface area contributed by atoms with E-state index in [0.717, 1.165) is 36.8 Å². The highest BCUT2D eigenvalue weighted by molar-refractivity contribution is 9.11. The summed E-state index contributed by atoms with van der Waals surface area (Å²) in [6, 6.07) is 21.6. The molecule has 6 heteroatoms. The molecule has 0 saturated carbocycles. The van der Waals surface area contributed by atoms with Crippen molar-refractivity contribution in [1.29, 1.82) is 0 Å². The van der Waals surface area contributed by atoms with Crippen LogP contribution >= 0.6 is 31.9 Å². The largest absolute Gasteiger partial charge is 0.487 e. The van der Waals surface area contributed by atoms with Crippen molar-refractivity contribution in [2.75, 3.05) is 6.61 Å². The first-order valence-electron chi connectivity index (χ1n) is 9.85. The van der Waals surface area contributed by atoms with Crippen LogP contribution in [0.2, 0.25) is 0 Å². The lowest BCUT2D eigenvalue weighted by Crippen LogP contribution is -2.05. The molecule has 0 amide bonds. The Hall–Kier alpha value is -2.96. The molecule has 1 heterocycles. The van der Waals surface area contributed by atoms with Gasteiger partial charge >= 0.3 is 5.97 Å². The number of halogens is 2. The lowest BCUT2D eigenvalue weighted by Gasteiger charge is -2.11. The summed E-state index contributed by atoms with van der Waals surface area (Å²) in [6.45, 7) is 6.16. The lowest BCUT2D eigenvalue weighted by atomic mass is 10.0. The van der Waals surface area contributed by atoms with Crippen LogP contribution in [0.3, 0.4) is 0 Å². The first-order valence-corrected chi connectivity index (χ1v) is 11.4. The van der Waals surface area contributed by atoms with Gasteiger partial charge in [0.05, 0.1) is 8.95 Å². The monoisotopic (exact) mass is 551 g/mol. The number of hydrogen-bond acceptors (Lipinski definition) is 4. The standard InChI is InChI=1S/C26H19Br2NO3/c1-16(2)15-31-24-21(27)12-17(13-22(24)28)14-23-26(30)32-25(29-23)20-10-8-19(9-11-20)18-6-4-3-5-7-18/h3-14H,1,15H2,2H3/b23-14-. The van der Waals surface area contributed by atoms with E-state index < -0.39 is 5.97 Å². The van der Waals surface area contributed by atoms with E-state index in [1.165, 1.54) is 0 Å². The molecule has 0 unspecified atom stereocenters. The van der Waals surface area contributed by atoms with Gasteiger partial charge in [0.25, 0.3) is 0 Å². The van der Waals surface area contributed by atoms with Crippen molar-refractivity contribution >= 4 is 49.8 Å². The molecule has 4 nitrogen and oxygen atoms in total. The maximum Gasteiger partial charge on any atom is 0.363 e. The van der Waals surface area contributed by atoms with Crippen LogP contribution in [0.25, 0.3) is 17.2 Å². The third-order valence-electron chi connectivity index (χ3n) is 4.65. The molecule has 1 aliphatic heterocycles. The van der Waals surface area contributed by atoms with Crippen LogP contribution in [-0.2, 0) is 9.53 Å². The fourth-order valence-corrected chi connectivity index (χ4v) is 4.57. The molecule has 0 fully saturated rings. The van der Waals surface area contributed by atoms with Crippen LogP contribution in [0.4, 0.5) is 0 Å². The second kappa shape index (κ2) is 9.67. The minimum absolute atomic E-state index is 0.238. The molecule has 0 spiro atoms. The number of ether oxygens (including phenoxy) is 2. The zero-order valence-corrected chi connectivity index (χ0v) is 20.4.